The number of benzene rings is 1. The van der Waals surface area contributed by atoms with Crippen LogP contribution in [0, 0.1) is 0 Å². The van der Waals surface area contributed by atoms with E-state index in [0.29, 0.717) is 18.2 Å². The minimum Gasteiger partial charge on any atom is -0.369 e. The smallest absolute Gasteiger partial charge is 0.272 e. The second kappa shape index (κ2) is 10.1. The van der Waals surface area contributed by atoms with Gasteiger partial charge in [-0.25, -0.2) is 0 Å². The monoisotopic (exact) mass is 447 g/mol. The lowest BCUT2D eigenvalue weighted by Gasteiger charge is -2.36. The number of piperazine rings is 1. The summed E-state index contributed by atoms with van der Waals surface area (Å²) in [4.78, 5) is 17.3. The molecule has 0 bridgehead atoms. The van der Waals surface area contributed by atoms with Crippen molar-refractivity contribution in [2.45, 2.75) is 32.6 Å². The lowest BCUT2D eigenvalue weighted by atomic mass is 10.1. The van der Waals surface area contributed by atoms with Crippen LogP contribution >= 0.6 is 15.9 Å². The van der Waals surface area contributed by atoms with Crippen LogP contribution in [0.1, 0.15) is 48.8 Å². The first-order valence-corrected chi connectivity index (χ1v) is 10.9. The van der Waals surface area contributed by atoms with Gasteiger partial charge in [0.25, 0.3) is 5.91 Å². The Morgan fingerprint density at radius 2 is 1.89 bits per heavy atom. The first kappa shape index (κ1) is 20.9. The van der Waals surface area contributed by atoms with E-state index in [-0.39, 0.29) is 5.91 Å². The molecule has 1 aliphatic heterocycles. The molecule has 1 aromatic heterocycles. The molecular formula is C21H30BrN5O. The highest BCUT2D eigenvalue weighted by Gasteiger charge is 2.19. The summed E-state index contributed by atoms with van der Waals surface area (Å²) in [6.07, 6.45) is 2.06. The molecule has 1 amide bonds. The number of rotatable bonds is 8. The number of hydrogen-bond acceptors (Lipinski definition) is 4. The molecule has 7 heteroatoms. The van der Waals surface area contributed by atoms with E-state index < -0.39 is 0 Å². The Bertz CT molecular complexity index is 753. The number of halogens is 1. The number of carbonyl (C=O) groups excluding carboxylic acids is 1. The number of anilines is 1. The van der Waals surface area contributed by atoms with Gasteiger partial charge in [-0.3, -0.25) is 14.8 Å². The number of hydrogen-bond donors (Lipinski definition) is 2. The first-order valence-electron chi connectivity index (χ1n) is 10.1. The summed E-state index contributed by atoms with van der Waals surface area (Å²) in [6, 6.07) is 10.6. The molecule has 0 radical (unpaired) electrons. The Labute approximate surface area is 175 Å². The second-order valence-electron chi connectivity index (χ2n) is 7.58. The fourth-order valence-electron chi connectivity index (χ4n) is 3.49. The number of para-hydroxylation sites is 1. The average Bonchev–Trinajstić information content (AvgIpc) is 3.10. The zero-order valence-corrected chi connectivity index (χ0v) is 18.3. The van der Waals surface area contributed by atoms with Gasteiger partial charge in [0.05, 0.1) is 10.2 Å². The van der Waals surface area contributed by atoms with Crippen LogP contribution in [0.25, 0.3) is 0 Å². The van der Waals surface area contributed by atoms with Crippen molar-refractivity contribution in [2.24, 2.45) is 0 Å². The third-order valence-electron chi connectivity index (χ3n) is 5.21. The molecule has 6 nitrogen and oxygen atoms in total. The summed E-state index contributed by atoms with van der Waals surface area (Å²) in [5, 5.41) is 10.1. The maximum Gasteiger partial charge on any atom is 0.272 e. The van der Waals surface area contributed by atoms with E-state index >= 15 is 0 Å². The number of unbranched alkanes of at least 4 members (excludes halogenated alkanes) is 1. The Balaban J connectivity index is 1.32. The molecule has 0 unspecified atom stereocenters. The molecule has 0 atom stereocenters. The molecular weight excluding hydrogens is 418 g/mol. The van der Waals surface area contributed by atoms with E-state index in [0.717, 1.165) is 55.7 Å². The molecule has 1 aromatic carbocycles. The molecule has 0 spiro atoms. The zero-order valence-electron chi connectivity index (χ0n) is 16.7. The normalized spacial score (nSPS) is 15.2. The van der Waals surface area contributed by atoms with E-state index in [1.165, 1.54) is 5.69 Å². The quantitative estimate of drug-likeness (QED) is 0.606. The standard InChI is InChI=1S/C21H30BrN5O/c1-16(2)19-18(22)20(25-24-19)21(28)23-10-6-7-11-26-12-14-27(15-13-26)17-8-4-3-5-9-17/h3-5,8-9,16H,6-7,10-15H2,1-2H3,(H,23,28)(H,24,25). The van der Waals surface area contributed by atoms with Gasteiger partial charge in [0.1, 0.15) is 0 Å². The van der Waals surface area contributed by atoms with Crippen molar-refractivity contribution in [3.8, 4) is 0 Å². The largest absolute Gasteiger partial charge is 0.369 e. The van der Waals surface area contributed by atoms with Gasteiger partial charge in [0.2, 0.25) is 0 Å². The number of nitrogens with one attached hydrogen (secondary N) is 2. The van der Waals surface area contributed by atoms with Crippen molar-refractivity contribution in [2.75, 3.05) is 44.2 Å². The van der Waals surface area contributed by atoms with Crippen molar-refractivity contribution in [3.63, 3.8) is 0 Å². The fourth-order valence-corrected chi connectivity index (χ4v) is 4.30. The molecule has 152 valence electrons. The Morgan fingerprint density at radius 3 is 2.54 bits per heavy atom. The second-order valence-corrected chi connectivity index (χ2v) is 8.37. The highest BCUT2D eigenvalue weighted by atomic mass is 79.9. The van der Waals surface area contributed by atoms with Gasteiger partial charge >= 0.3 is 0 Å². The number of carbonyl (C=O) groups is 1. The lowest BCUT2D eigenvalue weighted by Crippen LogP contribution is -2.46. The van der Waals surface area contributed by atoms with Crippen molar-refractivity contribution < 1.29 is 4.79 Å². The van der Waals surface area contributed by atoms with Crippen LogP contribution in [0.2, 0.25) is 0 Å². The summed E-state index contributed by atoms with van der Waals surface area (Å²) in [7, 11) is 0. The Hall–Kier alpha value is -1.86. The van der Waals surface area contributed by atoms with Crippen LogP contribution < -0.4 is 10.2 Å². The Kier molecular flexibility index (Phi) is 7.50. The third-order valence-corrected chi connectivity index (χ3v) is 6.01. The number of amides is 1. The van der Waals surface area contributed by atoms with Crippen LogP contribution in [0.15, 0.2) is 34.8 Å². The predicted octanol–water partition coefficient (Wildman–Crippen LogP) is 3.63. The van der Waals surface area contributed by atoms with Gasteiger partial charge in [-0.2, -0.15) is 5.10 Å². The lowest BCUT2D eigenvalue weighted by molar-refractivity contribution is 0.0946. The summed E-state index contributed by atoms with van der Waals surface area (Å²) >= 11 is 3.48. The minimum atomic E-state index is -0.119. The van der Waals surface area contributed by atoms with Gasteiger partial charge in [0, 0.05) is 38.4 Å². The minimum absolute atomic E-state index is 0.119. The molecule has 2 heterocycles. The van der Waals surface area contributed by atoms with Crippen molar-refractivity contribution >= 4 is 27.5 Å². The summed E-state index contributed by atoms with van der Waals surface area (Å²) in [5.74, 6) is 0.178. The number of nitrogens with zero attached hydrogens (tertiary/aromatic N) is 3. The third kappa shape index (κ3) is 5.35. The van der Waals surface area contributed by atoms with Gasteiger partial charge in [-0.15, -0.1) is 0 Å². The highest BCUT2D eigenvalue weighted by molar-refractivity contribution is 9.10. The SMILES string of the molecule is CC(C)c1[nH]nc(C(=O)NCCCCN2CCN(c3ccccc3)CC2)c1Br. The van der Waals surface area contributed by atoms with Crippen molar-refractivity contribution in [3.05, 3.63) is 46.2 Å². The van der Waals surface area contributed by atoms with Crippen LogP contribution in [0.4, 0.5) is 5.69 Å². The number of H-pyrrole nitrogens is 1. The van der Waals surface area contributed by atoms with Gasteiger partial charge in [-0.05, 0) is 53.4 Å². The van der Waals surface area contributed by atoms with Crippen LogP contribution in [-0.4, -0.2) is 60.3 Å². The number of aromatic amines is 1. The van der Waals surface area contributed by atoms with Crippen molar-refractivity contribution in [1.29, 1.82) is 0 Å². The summed E-state index contributed by atoms with van der Waals surface area (Å²) < 4.78 is 0.774. The van der Waals surface area contributed by atoms with E-state index in [9.17, 15) is 4.79 Å². The predicted molar refractivity (Wildman–Crippen MR) is 117 cm³/mol. The van der Waals surface area contributed by atoms with E-state index in [1.807, 2.05) is 0 Å². The molecule has 2 aromatic rings. The number of aromatic nitrogens is 2. The maximum absolute atomic E-state index is 12.3. The molecule has 1 fully saturated rings. The topological polar surface area (TPSA) is 64.3 Å². The van der Waals surface area contributed by atoms with Crippen LogP contribution in [0.5, 0.6) is 0 Å². The average molecular weight is 448 g/mol. The summed E-state index contributed by atoms with van der Waals surface area (Å²) in [6.45, 7) is 10.2. The zero-order chi connectivity index (χ0) is 19.9. The molecule has 0 saturated carbocycles. The van der Waals surface area contributed by atoms with Crippen LogP contribution in [-0.2, 0) is 0 Å². The van der Waals surface area contributed by atoms with Gasteiger partial charge < -0.3 is 10.2 Å². The highest BCUT2D eigenvalue weighted by Crippen LogP contribution is 2.25. The van der Waals surface area contributed by atoms with Gasteiger partial charge in [-0.1, -0.05) is 32.0 Å². The summed E-state index contributed by atoms with van der Waals surface area (Å²) in [5.41, 5.74) is 2.72. The van der Waals surface area contributed by atoms with Gasteiger partial charge in [0.15, 0.2) is 5.69 Å². The Morgan fingerprint density at radius 1 is 1.18 bits per heavy atom. The maximum atomic E-state index is 12.3. The fraction of sp³-hybridized carbons (Fsp3) is 0.524. The van der Waals surface area contributed by atoms with E-state index in [1.54, 1.807) is 0 Å². The molecule has 0 aliphatic carbocycles. The molecule has 3 rings (SSSR count). The first-order chi connectivity index (χ1) is 13.6. The molecule has 2 N–H and O–H groups in total. The molecule has 28 heavy (non-hydrogen) atoms. The van der Waals surface area contributed by atoms with Crippen LogP contribution in [0.3, 0.4) is 0 Å². The molecule has 1 saturated heterocycles. The van der Waals surface area contributed by atoms with Crippen molar-refractivity contribution in [1.82, 2.24) is 20.4 Å². The molecule has 1 aliphatic rings. The van der Waals surface area contributed by atoms with E-state index in [2.05, 4.69) is 85.4 Å². The van der Waals surface area contributed by atoms with E-state index in [4.69, 9.17) is 0 Å².